The smallest absolute Gasteiger partial charge is 0.193 e. The van der Waals surface area contributed by atoms with Crippen molar-refractivity contribution in [2.24, 2.45) is 4.99 Å². The number of hydrogen-bond acceptors (Lipinski definition) is 3. The van der Waals surface area contributed by atoms with Gasteiger partial charge in [-0.3, -0.25) is 4.99 Å². The second-order valence-corrected chi connectivity index (χ2v) is 6.61. The van der Waals surface area contributed by atoms with Crippen LogP contribution in [0.2, 0.25) is 0 Å². The summed E-state index contributed by atoms with van der Waals surface area (Å²) in [5.41, 5.74) is 1.14. The van der Waals surface area contributed by atoms with E-state index in [0.29, 0.717) is 6.54 Å². The molecule has 0 radical (unpaired) electrons. The SMILES string of the molecule is CN=C(NCC1(N(C)C)CCOCC1)N(C)Cc1ccc(F)cc1.I. The fourth-order valence-corrected chi connectivity index (χ4v) is 3.10. The lowest BCUT2D eigenvalue weighted by molar-refractivity contribution is -0.00522. The van der Waals surface area contributed by atoms with Crippen LogP contribution in [0.15, 0.2) is 29.3 Å². The summed E-state index contributed by atoms with van der Waals surface area (Å²) in [5, 5.41) is 3.50. The minimum Gasteiger partial charge on any atom is -0.381 e. The molecule has 5 nitrogen and oxygen atoms in total. The lowest BCUT2D eigenvalue weighted by atomic mass is 9.88. The molecule has 1 fully saturated rings. The molecule has 0 atom stereocenters. The highest BCUT2D eigenvalue weighted by Crippen LogP contribution is 2.25. The van der Waals surface area contributed by atoms with Gasteiger partial charge in [-0.1, -0.05) is 12.1 Å². The van der Waals surface area contributed by atoms with E-state index in [1.54, 1.807) is 19.2 Å². The monoisotopic (exact) mass is 464 g/mol. The van der Waals surface area contributed by atoms with Gasteiger partial charge in [0.05, 0.1) is 0 Å². The number of nitrogens with one attached hydrogen (secondary N) is 1. The Bertz CT molecular complexity index is 545. The number of ether oxygens (including phenoxy) is 1. The van der Waals surface area contributed by atoms with Gasteiger partial charge in [-0.05, 0) is 44.6 Å². The van der Waals surface area contributed by atoms with Crippen LogP contribution in [0.3, 0.4) is 0 Å². The normalized spacial score (nSPS) is 17.1. The van der Waals surface area contributed by atoms with Crippen molar-refractivity contribution in [3.8, 4) is 0 Å². The van der Waals surface area contributed by atoms with E-state index in [4.69, 9.17) is 4.74 Å². The van der Waals surface area contributed by atoms with Crippen molar-refractivity contribution in [1.29, 1.82) is 0 Å². The molecule has 1 aliphatic rings. The highest BCUT2D eigenvalue weighted by Gasteiger charge is 2.35. The molecule has 0 aliphatic carbocycles. The molecule has 7 heteroatoms. The molecule has 0 unspecified atom stereocenters. The second kappa shape index (κ2) is 10.3. The van der Waals surface area contributed by atoms with Crippen molar-refractivity contribution in [1.82, 2.24) is 15.1 Å². The van der Waals surface area contributed by atoms with Gasteiger partial charge in [-0.15, -0.1) is 24.0 Å². The van der Waals surface area contributed by atoms with Crippen molar-refractivity contribution >= 4 is 29.9 Å². The fourth-order valence-electron chi connectivity index (χ4n) is 3.10. The quantitative estimate of drug-likeness (QED) is 0.413. The number of nitrogens with zero attached hydrogens (tertiary/aromatic N) is 3. The van der Waals surface area contributed by atoms with E-state index in [-0.39, 0.29) is 35.3 Å². The van der Waals surface area contributed by atoms with Crippen molar-refractivity contribution in [2.75, 3.05) is 47.9 Å². The molecule has 1 heterocycles. The number of halogens is 2. The molecule has 0 bridgehead atoms. The van der Waals surface area contributed by atoms with Crippen LogP contribution in [-0.4, -0.2) is 69.2 Å². The lowest BCUT2D eigenvalue weighted by Gasteiger charge is -2.43. The summed E-state index contributed by atoms with van der Waals surface area (Å²) in [5.74, 6) is 0.628. The zero-order chi connectivity index (χ0) is 17.6. The molecule has 1 aromatic carbocycles. The molecule has 2 rings (SSSR count). The number of guanidine groups is 1. The minimum absolute atomic E-state index is 0. The van der Waals surface area contributed by atoms with Gasteiger partial charge in [0.1, 0.15) is 5.82 Å². The number of benzene rings is 1. The first-order chi connectivity index (χ1) is 11.5. The standard InChI is InChI=1S/C18H29FN4O.HI/c1-20-17(23(4)13-15-5-7-16(19)8-6-15)21-14-18(22(2)3)9-11-24-12-10-18;/h5-8H,9-14H2,1-4H3,(H,20,21);1H. The average Bonchev–Trinajstić information content (AvgIpc) is 2.58. The molecule has 0 spiro atoms. The molecular formula is C18H30FIN4O. The van der Waals surface area contributed by atoms with E-state index in [1.165, 1.54) is 12.1 Å². The molecule has 1 saturated heterocycles. The Kier molecular flexibility index (Phi) is 9.09. The molecule has 1 aromatic rings. The summed E-state index contributed by atoms with van der Waals surface area (Å²) in [6.45, 7) is 3.09. The van der Waals surface area contributed by atoms with Gasteiger partial charge in [-0.2, -0.15) is 0 Å². The van der Waals surface area contributed by atoms with Crippen molar-refractivity contribution in [3.63, 3.8) is 0 Å². The third kappa shape index (κ3) is 6.07. The van der Waals surface area contributed by atoms with Gasteiger partial charge < -0.3 is 19.9 Å². The third-order valence-electron chi connectivity index (χ3n) is 4.85. The molecule has 0 saturated carbocycles. The topological polar surface area (TPSA) is 40.1 Å². The van der Waals surface area contributed by atoms with Crippen molar-refractivity contribution in [3.05, 3.63) is 35.6 Å². The van der Waals surface area contributed by atoms with Gasteiger partial charge >= 0.3 is 0 Å². The minimum atomic E-state index is -0.212. The Morgan fingerprint density at radius 1 is 1.20 bits per heavy atom. The Labute approximate surface area is 167 Å². The molecule has 142 valence electrons. The molecule has 0 aromatic heterocycles. The van der Waals surface area contributed by atoms with Crippen LogP contribution in [0.5, 0.6) is 0 Å². The fraction of sp³-hybridized carbons (Fsp3) is 0.611. The number of aliphatic imine (C=N–C) groups is 1. The van der Waals surface area contributed by atoms with Crippen molar-refractivity contribution < 1.29 is 9.13 Å². The number of hydrogen-bond donors (Lipinski definition) is 1. The van der Waals surface area contributed by atoms with Crippen LogP contribution in [0.4, 0.5) is 4.39 Å². The van der Waals surface area contributed by atoms with E-state index in [9.17, 15) is 4.39 Å². The van der Waals surface area contributed by atoms with Crippen molar-refractivity contribution in [2.45, 2.75) is 24.9 Å². The summed E-state index contributed by atoms with van der Waals surface area (Å²) in [7, 11) is 8.02. The number of likely N-dealkylation sites (N-methyl/N-ethyl adjacent to an activating group) is 1. The lowest BCUT2D eigenvalue weighted by Crippen LogP contribution is -2.57. The zero-order valence-electron chi connectivity index (χ0n) is 15.6. The van der Waals surface area contributed by atoms with Gasteiger partial charge in [0, 0.05) is 45.9 Å². The highest BCUT2D eigenvalue weighted by molar-refractivity contribution is 14.0. The van der Waals surface area contributed by atoms with Crippen LogP contribution in [-0.2, 0) is 11.3 Å². The van der Waals surface area contributed by atoms with Gasteiger partial charge in [-0.25, -0.2) is 4.39 Å². The van der Waals surface area contributed by atoms with E-state index >= 15 is 0 Å². The summed E-state index contributed by atoms with van der Waals surface area (Å²) in [4.78, 5) is 8.72. The maximum Gasteiger partial charge on any atom is 0.193 e. The first-order valence-electron chi connectivity index (χ1n) is 8.38. The van der Waals surface area contributed by atoms with E-state index in [1.807, 2.05) is 7.05 Å². The summed E-state index contributed by atoms with van der Waals surface area (Å²) < 4.78 is 18.5. The second-order valence-electron chi connectivity index (χ2n) is 6.61. The average molecular weight is 464 g/mol. The third-order valence-corrected chi connectivity index (χ3v) is 4.85. The largest absolute Gasteiger partial charge is 0.381 e. The summed E-state index contributed by atoms with van der Waals surface area (Å²) >= 11 is 0. The van der Waals surface area contributed by atoms with E-state index in [0.717, 1.165) is 44.1 Å². The first-order valence-corrected chi connectivity index (χ1v) is 8.38. The van der Waals surface area contributed by atoms with E-state index < -0.39 is 0 Å². The van der Waals surface area contributed by atoms with E-state index in [2.05, 4.69) is 34.2 Å². The predicted octanol–water partition coefficient (Wildman–Crippen LogP) is 2.56. The molecule has 1 N–H and O–H groups in total. The van der Waals surface area contributed by atoms with Crippen LogP contribution >= 0.6 is 24.0 Å². The Hall–Kier alpha value is -0.930. The maximum absolute atomic E-state index is 13.0. The Morgan fingerprint density at radius 2 is 1.80 bits per heavy atom. The van der Waals surface area contributed by atoms with Crippen LogP contribution in [0.25, 0.3) is 0 Å². The Morgan fingerprint density at radius 3 is 2.32 bits per heavy atom. The Balaban J connectivity index is 0.00000312. The summed E-state index contributed by atoms with van der Waals surface area (Å²) in [6, 6.07) is 6.59. The maximum atomic E-state index is 13.0. The molecule has 25 heavy (non-hydrogen) atoms. The highest BCUT2D eigenvalue weighted by atomic mass is 127. The van der Waals surface area contributed by atoms with Crippen LogP contribution in [0.1, 0.15) is 18.4 Å². The molecule has 1 aliphatic heterocycles. The van der Waals surface area contributed by atoms with Gasteiger partial charge in [0.2, 0.25) is 0 Å². The molecular weight excluding hydrogens is 434 g/mol. The van der Waals surface area contributed by atoms with Crippen LogP contribution in [0, 0.1) is 5.82 Å². The summed E-state index contributed by atoms with van der Waals surface area (Å²) in [6.07, 6.45) is 2.01. The van der Waals surface area contributed by atoms with Gasteiger partial charge in [0.25, 0.3) is 0 Å². The van der Waals surface area contributed by atoms with Crippen LogP contribution < -0.4 is 5.32 Å². The number of rotatable bonds is 5. The zero-order valence-corrected chi connectivity index (χ0v) is 17.9. The molecule has 0 amide bonds. The van der Waals surface area contributed by atoms with Gasteiger partial charge in [0.15, 0.2) is 5.96 Å². The first kappa shape index (κ1) is 22.1. The predicted molar refractivity (Wildman–Crippen MR) is 111 cm³/mol.